The lowest BCUT2D eigenvalue weighted by Gasteiger charge is -2.15. The molecule has 3 nitrogen and oxygen atoms in total. The third kappa shape index (κ3) is 3.20. The van der Waals surface area contributed by atoms with Crippen molar-refractivity contribution in [3.8, 4) is 6.07 Å². The molecule has 1 aromatic carbocycles. The topological polar surface area (TPSA) is 45.0 Å². The third-order valence-corrected chi connectivity index (χ3v) is 3.29. The number of nitrogens with zero attached hydrogens (tertiary/aromatic N) is 1. The smallest absolute Gasteiger partial charge is 0.142 e. The van der Waals surface area contributed by atoms with Crippen molar-refractivity contribution >= 4 is 11.6 Å². The number of hydrogen-bond acceptors (Lipinski definition) is 3. The quantitative estimate of drug-likeness (QED) is 0.913. The van der Waals surface area contributed by atoms with Crippen molar-refractivity contribution in [3.63, 3.8) is 0 Å². The molecule has 1 N–H and O–H groups in total. The molecule has 0 spiro atoms. The van der Waals surface area contributed by atoms with E-state index in [4.69, 9.17) is 21.6 Å². The van der Waals surface area contributed by atoms with Crippen LogP contribution >= 0.6 is 11.6 Å². The van der Waals surface area contributed by atoms with Crippen molar-refractivity contribution in [2.24, 2.45) is 0 Å². The second-order valence-electron chi connectivity index (χ2n) is 4.28. The van der Waals surface area contributed by atoms with E-state index in [2.05, 4.69) is 11.4 Å². The standard InChI is InChI=1S/C13H14ClFN2O/c14-11-4-3-9(6-12(11)15)13(7-16)17-8-10-2-1-5-18-10/h3-4,6,10,13,17H,1-2,5,8H2. The molecule has 0 bridgehead atoms. The van der Waals surface area contributed by atoms with Crippen LogP contribution in [-0.2, 0) is 4.74 Å². The molecular weight excluding hydrogens is 255 g/mol. The van der Waals surface area contributed by atoms with Crippen molar-refractivity contribution in [2.75, 3.05) is 13.2 Å². The van der Waals surface area contributed by atoms with Gasteiger partial charge in [-0.05, 0) is 30.5 Å². The molecule has 1 aliphatic rings. The van der Waals surface area contributed by atoms with Crippen molar-refractivity contribution in [2.45, 2.75) is 25.0 Å². The van der Waals surface area contributed by atoms with Gasteiger partial charge in [0.2, 0.25) is 0 Å². The van der Waals surface area contributed by atoms with Crippen molar-refractivity contribution in [1.82, 2.24) is 5.32 Å². The van der Waals surface area contributed by atoms with Gasteiger partial charge in [0.15, 0.2) is 0 Å². The number of rotatable bonds is 4. The normalized spacial score (nSPS) is 20.6. The highest BCUT2D eigenvalue weighted by Crippen LogP contribution is 2.20. The predicted octanol–water partition coefficient (Wildman–Crippen LogP) is 2.81. The van der Waals surface area contributed by atoms with E-state index in [0.717, 1.165) is 19.4 Å². The first-order chi connectivity index (χ1) is 8.70. The summed E-state index contributed by atoms with van der Waals surface area (Å²) in [5, 5.41) is 12.2. The Balaban J connectivity index is 1.99. The van der Waals surface area contributed by atoms with Gasteiger partial charge in [0.25, 0.3) is 0 Å². The van der Waals surface area contributed by atoms with Gasteiger partial charge in [0.1, 0.15) is 11.9 Å². The first-order valence-corrected chi connectivity index (χ1v) is 6.28. The van der Waals surface area contributed by atoms with Gasteiger partial charge in [-0.2, -0.15) is 5.26 Å². The second kappa shape index (κ2) is 6.14. The van der Waals surface area contributed by atoms with Crippen LogP contribution in [0.5, 0.6) is 0 Å². The molecule has 1 heterocycles. The molecule has 0 aromatic heterocycles. The molecule has 5 heteroatoms. The lowest BCUT2D eigenvalue weighted by atomic mass is 10.1. The molecule has 1 saturated heterocycles. The summed E-state index contributed by atoms with van der Waals surface area (Å²) in [4.78, 5) is 0. The average Bonchev–Trinajstić information content (AvgIpc) is 2.87. The molecule has 2 rings (SSSR count). The Hall–Kier alpha value is -1.15. The Bertz CT molecular complexity index is 455. The molecule has 1 fully saturated rings. The molecular formula is C13H14ClFN2O. The summed E-state index contributed by atoms with van der Waals surface area (Å²) < 4.78 is 18.8. The molecule has 2 atom stereocenters. The Morgan fingerprint density at radius 3 is 3.06 bits per heavy atom. The van der Waals surface area contributed by atoms with Gasteiger partial charge in [0, 0.05) is 13.2 Å². The highest BCUT2D eigenvalue weighted by molar-refractivity contribution is 6.30. The minimum Gasteiger partial charge on any atom is -0.377 e. The SMILES string of the molecule is N#CC(NCC1CCCO1)c1ccc(Cl)c(F)c1. The maximum Gasteiger partial charge on any atom is 0.142 e. The number of halogens is 2. The van der Waals surface area contributed by atoms with E-state index in [-0.39, 0.29) is 11.1 Å². The summed E-state index contributed by atoms with van der Waals surface area (Å²) >= 11 is 5.61. The van der Waals surface area contributed by atoms with E-state index in [1.807, 2.05) is 0 Å². The summed E-state index contributed by atoms with van der Waals surface area (Å²) in [7, 11) is 0. The van der Waals surface area contributed by atoms with E-state index in [1.165, 1.54) is 12.1 Å². The molecule has 0 aliphatic carbocycles. The van der Waals surface area contributed by atoms with Gasteiger partial charge in [-0.3, -0.25) is 5.32 Å². The van der Waals surface area contributed by atoms with Gasteiger partial charge in [-0.15, -0.1) is 0 Å². The molecule has 1 aromatic rings. The maximum absolute atomic E-state index is 13.3. The predicted molar refractivity (Wildman–Crippen MR) is 66.7 cm³/mol. The number of nitriles is 1. The molecule has 1 aliphatic heterocycles. The van der Waals surface area contributed by atoms with E-state index >= 15 is 0 Å². The second-order valence-corrected chi connectivity index (χ2v) is 4.69. The largest absolute Gasteiger partial charge is 0.377 e. The summed E-state index contributed by atoms with van der Waals surface area (Å²) in [5.41, 5.74) is 0.581. The third-order valence-electron chi connectivity index (χ3n) is 2.98. The Morgan fingerprint density at radius 1 is 1.61 bits per heavy atom. The van der Waals surface area contributed by atoms with Crippen molar-refractivity contribution in [3.05, 3.63) is 34.6 Å². The zero-order valence-electron chi connectivity index (χ0n) is 9.83. The maximum atomic E-state index is 13.3. The molecule has 2 unspecified atom stereocenters. The fourth-order valence-corrected chi connectivity index (χ4v) is 2.10. The monoisotopic (exact) mass is 268 g/mol. The number of nitrogens with one attached hydrogen (secondary N) is 1. The first kappa shape index (κ1) is 13.3. The minimum atomic E-state index is -0.541. The van der Waals surface area contributed by atoms with E-state index in [1.54, 1.807) is 6.07 Å². The highest BCUT2D eigenvalue weighted by atomic mass is 35.5. The van der Waals surface area contributed by atoms with E-state index in [0.29, 0.717) is 12.1 Å². The lowest BCUT2D eigenvalue weighted by molar-refractivity contribution is 0.109. The van der Waals surface area contributed by atoms with Crippen LogP contribution in [0.2, 0.25) is 5.02 Å². The lowest BCUT2D eigenvalue weighted by Crippen LogP contribution is -2.29. The van der Waals surface area contributed by atoms with Crippen LogP contribution < -0.4 is 5.32 Å². The Labute approximate surface area is 111 Å². The van der Waals surface area contributed by atoms with Crippen molar-refractivity contribution < 1.29 is 9.13 Å². The fraction of sp³-hybridized carbons (Fsp3) is 0.462. The van der Waals surface area contributed by atoms with Crippen LogP contribution in [0.15, 0.2) is 18.2 Å². The van der Waals surface area contributed by atoms with Gasteiger partial charge >= 0.3 is 0 Å². The van der Waals surface area contributed by atoms with Crippen LogP contribution in [0.4, 0.5) is 4.39 Å². The van der Waals surface area contributed by atoms with Gasteiger partial charge in [0.05, 0.1) is 17.2 Å². The van der Waals surface area contributed by atoms with Gasteiger partial charge in [-0.1, -0.05) is 17.7 Å². The number of benzene rings is 1. The van der Waals surface area contributed by atoms with Gasteiger partial charge < -0.3 is 4.74 Å². The van der Waals surface area contributed by atoms with E-state index in [9.17, 15) is 4.39 Å². The summed E-state index contributed by atoms with van der Waals surface area (Å²) in [5.74, 6) is -0.506. The van der Waals surface area contributed by atoms with Crippen LogP contribution in [0.1, 0.15) is 24.4 Å². The molecule has 96 valence electrons. The number of ether oxygens (including phenoxy) is 1. The molecule has 18 heavy (non-hydrogen) atoms. The van der Waals surface area contributed by atoms with Crippen LogP contribution in [0, 0.1) is 17.1 Å². The molecule has 0 radical (unpaired) electrons. The first-order valence-electron chi connectivity index (χ1n) is 5.90. The Kier molecular flexibility index (Phi) is 4.54. The summed E-state index contributed by atoms with van der Waals surface area (Å²) in [6.07, 6.45) is 2.21. The van der Waals surface area contributed by atoms with Crippen molar-refractivity contribution in [1.29, 1.82) is 5.26 Å². The van der Waals surface area contributed by atoms with E-state index < -0.39 is 11.9 Å². The zero-order valence-corrected chi connectivity index (χ0v) is 10.6. The van der Waals surface area contributed by atoms with Gasteiger partial charge in [-0.25, -0.2) is 4.39 Å². The molecule has 0 saturated carbocycles. The fourth-order valence-electron chi connectivity index (χ4n) is 1.98. The van der Waals surface area contributed by atoms with Crippen LogP contribution in [0.25, 0.3) is 0 Å². The summed E-state index contributed by atoms with van der Waals surface area (Å²) in [6.45, 7) is 1.38. The summed E-state index contributed by atoms with van der Waals surface area (Å²) in [6, 6.07) is 5.98. The zero-order chi connectivity index (χ0) is 13.0. The number of hydrogen-bond donors (Lipinski definition) is 1. The highest BCUT2D eigenvalue weighted by Gasteiger charge is 2.18. The average molecular weight is 269 g/mol. The Morgan fingerprint density at radius 2 is 2.44 bits per heavy atom. The van der Waals surface area contributed by atoms with Crippen LogP contribution in [-0.4, -0.2) is 19.3 Å². The van der Waals surface area contributed by atoms with Crippen LogP contribution in [0.3, 0.4) is 0 Å². The molecule has 0 amide bonds. The minimum absolute atomic E-state index is 0.0644.